The van der Waals surface area contributed by atoms with Crippen LogP contribution in [0.4, 0.5) is 0 Å². The molecular formula is C14H27NO2. The first-order valence-corrected chi connectivity index (χ1v) is 7.21. The van der Waals surface area contributed by atoms with Gasteiger partial charge in [-0.2, -0.15) is 0 Å². The summed E-state index contributed by atoms with van der Waals surface area (Å²) in [7, 11) is 0. The molecule has 1 heterocycles. The lowest BCUT2D eigenvalue weighted by Crippen LogP contribution is -2.43. The fourth-order valence-corrected chi connectivity index (χ4v) is 2.43. The van der Waals surface area contributed by atoms with E-state index in [1.54, 1.807) is 0 Å². The average Bonchev–Trinajstić information content (AvgIpc) is 3.15. The maximum absolute atomic E-state index is 5.94. The molecule has 0 atom stereocenters. The molecule has 0 spiro atoms. The second-order valence-corrected chi connectivity index (χ2v) is 5.75. The van der Waals surface area contributed by atoms with Crippen molar-refractivity contribution in [3.8, 4) is 0 Å². The maximum atomic E-state index is 5.94. The monoisotopic (exact) mass is 241 g/mol. The molecule has 0 unspecified atom stereocenters. The molecule has 2 rings (SSSR count). The minimum atomic E-state index is 0.336. The largest absolute Gasteiger partial charge is 0.381 e. The fourth-order valence-electron chi connectivity index (χ4n) is 2.43. The average molecular weight is 241 g/mol. The highest BCUT2D eigenvalue weighted by atomic mass is 16.5. The van der Waals surface area contributed by atoms with E-state index < -0.39 is 0 Å². The van der Waals surface area contributed by atoms with Gasteiger partial charge in [-0.1, -0.05) is 6.92 Å². The maximum Gasteiger partial charge on any atom is 0.0536 e. The first-order chi connectivity index (χ1) is 8.35. The van der Waals surface area contributed by atoms with Crippen LogP contribution in [0.3, 0.4) is 0 Å². The van der Waals surface area contributed by atoms with Crippen LogP contribution in [0.25, 0.3) is 0 Å². The van der Waals surface area contributed by atoms with E-state index in [4.69, 9.17) is 9.47 Å². The molecule has 3 heteroatoms. The first kappa shape index (κ1) is 13.3. The highest BCUT2D eigenvalue weighted by Crippen LogP contribution is 2.33. The minimum Gasteiger partial charge on any atom is -0.381 e. The zero-order valence-corrected chi connectivity index (χ0v) is 11.2. The molecule has 17 heavy (non-hydrogen) atoms. The van der Waals surface area contributed by atoms with Gasteiger partial charge in [0.15, 0.2) is 0 Å². The van der Waals surface area contributed by atoms with Crippen LogP contribution in [0, 0.1) is 11.3 Å². The Kier molecular flexibility index (Phi) is 5.26. The number of ether oxygens (including phenoxy) is 2. The van der Waals surface area contributed by atoms with E-state index in [2.05, 4.69) is 12.2 Å². The van der Waals surface area contributed by atoms with Gasteiger partial charge >= 0.3 is 0 Å². The Labute approximate surface area is 105 Å². The van der Waals surface area contributed by atoms with Crippen LogP contribution < -0.4 is 5.32 Å². The molecule has 2 aliphatic rings. The summed E-state index contributed by atoms with van der Waals surface area (Å²) in [6.45, 7) is 8.13. The van der Waals surface area contributed by atoms with Crippen LogP contribution in [0.15, 0.2) is 0 Å². The molecule has 0 aromatic carbocycles. The summed E-state index contributed by atoms with van der Waals surface area (Å²) in [5.41, 5.74) is 0.336. The van der Waals surface area contributed by atoms with Gasteiger partial charge in [0.05, 0.1) is 6.61 Å². The van der Waals surface area contributed by atoms with E-state index >= 15 is 0 Å². The third kappa shape index (κ3) is 4.57. The van der Waals surface area contributed by atoms with Crippen LogP contribution in [-0.4, -0.2) is 39.5 Å². The van der Waals surface area contributed by atoms with Crippen molar-refractivity contribution in [2.75, 3.05) is 39.5 Å². The van der Waals surface area contributed by atoms with E-state index in [9.17, 15) is 0 Å². The molecule has 2 fully saturated rings. The predicted octanol–water partition coefficient (Wildman–Crippen LogP) is 2.21. The van der Waals surface area contributed by atoms with Crippen LogP contribution in [-0.2, 0) is 9.47 Å². The van der Waals surface area contributed by atoms with E-state index in [-0.39, 0.29) is 0 Å². The van der Waals surface area contributed by atoms with Crippen molar-refractivity contribution in [1.29, 1.82) is 0 Å². The van der Waals surface area contributed by atoms with Crippen molar-refractivity contribution in [2.24, 2.45) is 11.3 Å². The summed E-state index contributed by atoms with van der Waals surface area (Å²) in [5.74, 6) is 0.871. The van der Waals surface area contributed by atoms with Gasteiger partial charge < -0.3 is 14.8 Å². The van der Waals surface area contributed by atoms with Gasteiger partial charge in [0.2, 0.25) is 0 Å². The molecule has 0 aromatic heterocycles. The van der Waals surface area contributed by atoms with Gasteiger partial charge in [-0.05, 0) is 44.6 Å². The van der Waals surface area contributed by atoms with Crippen LogP contribution >= 0.6 is 0 Å². The zero-order chi connectivity index (χ0) is 12.0. The lowest BCUT2D eigenvalue weighted by Gasteiger charge is -2.37. The third-order valence-corrected chi connectivity index (χ3v) is 3.94. The van der Waals surface area contributed by atoms with Crippen molar-refractivity contribution < 1.29 is 9.47 Å². The number of hydrogen-bond acceptors (Lipinski definition) is 3. The van der Waals surface area contributed by atoms with Crippen LogP contribution in [0.5, 0.6) is 0 Å². The topological polar surface area (TPSA) is 30.5 Å². The predicted molar refractivity (Wildman–Crippen MR) is 69.2 cm³/mol. The Morgan fingerprint density at radius 1 is 1.29 bits per heavy atom. The zero-order valence-electron chi connectivity index (χ0n) is 11.2. The molecular weight excluding hydrogens is 214 g/mol. The lowest BCUT2D eigenvalue weighted by molar-refractivity contribution is -0.0405. The summed E-state index contributed by atoms with van der Waals surface area (Å²) in [6.07, 6.45) is 6.26. The summed E-state index contributed by atoms with van der Waals surface area (Å²) in [5, 5.41) is 3.56. The molecule has 100 valence electrons. The Morgan fingerprint density at radius 3 is 2.71 bits per heavy atom. The molecule has 0 amide bonds. The van der Waals surface area contributed by atoms with Crippen LogP contribution in [0.1, 0.15) is 39.0 Å². The molecule has 1 saturated heterocycles. The van der Waals surface area contributed by atoms with Crippen molar-refractivity contribution in [1.82, 2.24) is 5.32 Å². The number of rotatable bonds is 8. The van der Waals surface area contributed by atoms with Gasteiger partial charge in [-0.15, -0.1) is 0 Å². The normalized spacial score (nSPS) is 23.8. The molecule has 3 nitrogen and oxygen atoms in total. The number of hydrogen-bond donors (Lipinski definition) is 1. The second-order valence-electron chi connectivity index (χ2n) is 5.75. The highest BCUT2D eigenvalue weighted by molar-refractivity contribution is 4.84. The van der Waals surface area contributed by atoms with Gasteiger partial charge in [-0.25, -0.2) is 0 Å². The summed E-state index contributed by atoms with van der Waals surface area (Å²) in [6, 6.07) is 0. The van der Waals surface area contributed by atoms with Crippen molar-refractivity contribution in [3.05, 3.63) is 0 Å². The number of nitrogens with one attached hydrogen (secondary N) is 1. The second kappa shape index (κ2) is 6.72. The minimum absolute atomic E-state index is 0.336. The summed E-state index contributed by atoms with van der Waals surface area (Å²) in [4.78, 5) is 0. The van der Waals surface area contributed by atoms with Gasteiger partial charge in [-0.3, -0.25) is 0 Å². The van der Waals surface area contributed by atoms with Crippen molar-refractivity contribution >= 4 is 0 Å². The Bertz CT molecular complexity index is 210. The molecule has 1 N–H and O–H groups in total. The molecule has 1 saturated carbocycles. The molecule has 0 aromatic rings. The molecule has 1 aliphatic heterocycles. The van der Waals surface area contributed by atoms with Crippen molar-refractivity contribution in [2.45, 2.75) is 39.0 Å². The molecule has 0 radical (unpaired) electrons. The standard InChI is InChI=1S/C14H27NO2/c1-2-7-15-11-14(5-8-16-9-6-14)12-17-10-13-3-4-13/h13,15H,2-12H2,1H3. The van der Waals surface area contributed by atoms with Gasteiger partial charge in [0.1, 0.15) is 0 Å². The smallest absolute Gasteiger partial charge is 0.0536 e. The first-order valence-electron chi connectivity index (χ1n) is 7.21. The Balaban J connectivity index is 1.72. The van der Waals surface area contributed by atoms with E-state index in [1.807, 2.05) is 0 Å². The molecule has 1 aliphatic carbocycles. The SMILES string of the molecule is CCCNCC1(COCC2CC2)CCOCC1. The third-order valence-electron chi connectivity index (χ3n) is 3.94. The van der Waals surface area contributed by atoms with E-state index in [1.165, 1.54) is 19.3 Å². The van der Waals surface area contributed by atoms with Crippen LogP contribution in [0.2, 0.25) is 0 Å². The van der Waals surface area contributed by atoms with E-state index in [0.29, 0.717) is 5.41 Å². The Hall–Kier alpha value is -0.120. The quantitative estimate of drug-likeness (QED) is 0.661. The Morgan fingerprint density at radius 2 is 2.06 bits per heavy atom. The van der Waals surface area contributed by atoms with Crippen molar-refractivity contribution in [3.63, 3.8) is 0 Å². The van der Waals surface area contributed by atoms with Gasteiger partial charge in [0, 0.05) is 31.8 Å². The fraction of sp³-hybridized carbons (Fsp3) is 1.00. The molecule has 0 bridgehead atoms. The van der Waals surface area contributed by atoms with Gasteiger partial charge in [0.25, 0.3) is 0 Å². The summed E-state index contributed by atoms with van der Waals surface area (Å²) >= 11 is 0. The van der Waals surface area contributed by atoms with E-state index in [0.717, 1.165) is 58.3 Å². The highest BCUT2D eigenvalue weighted by Gasteiger charge is 2.33. The summed E-state index contributed by atoms with van der Waals surface area (Å²) < 4.78 is 11.4. The lowest BCUT2D eigenvalue weighted by atomic mass is 9.81.